The lowest BCUT2D eigenvalue weighted by molar-refractivity contribution is -0.167. The van der Waals surface area contributed by atoms with E-state index in [1.54, 1.807) is 30.3 Å². The van der Waals surface area contributed by atoms with Crippen molar-refractivity contribution in [2.45, 2.75) is 13.2 Å². The van der Waals surface area contributed by atoms with E-state index in [1.165, 1.54) is 25.1 Å². The normalized spacial score (nSPS) is 11.4. The fourth-order valence-corrected chi connectivity index (χ4v) is 1.96. The van der Waals surface area contributed by atoms with E-state index in [1.807, 2.05) is 0 Å². The molecule has 6 heteroatoms. The standard InChI is InChI=1S/C19H18O6/c1-12(2)19(23)25-17(21)11-24-14-8-9-15(16(20)10-14)18(22)13-6-4-3-5-7-13/h3-10,17,20-21H,1,11H2,2H3. The van der Waals surface area contributed by atoms with E-state index in [2.05, 4.69) is 11.3 Å². The molecule has 1 unspecified atom stereocenters. The van der Waals surface area contributed by atoms with Crippen molar-refractivity contribution in [1.29, 1.82) is 0 Å². The Morgan fingerprint density at radius 3 is 2.44 bits per heavy atom. The van der Waals surface area contributed by atoms with Gasteiger partial charge in [0, 0.05) is 17.2 Å². The molecule has 0 aliphatic heterocycles. The Morgan fingerprint density at radius 2 is 1.84 bits per heavy atom. The number of carbonyl (C=O) groups is 2. The molecular formula is C19H18O6. The Balaban J connectivity index is 2.01. The average molecular weight is 342 g/mol. The monoisotopic (exact) mass is 342 g/mol. The van der Waals surface area contributed by atoms with Gasteiger partial charge in [-0.1, -0.05) is 36.9 Å². The van der Waals surface area contributed by atoms with Gasteiger partial charge in [-0.15, -0.1) is 0 Å². The van der Waals surface area contributed by atoms with Crippen LogP contribution in [0.15, 0.2) is 60.7 Å². The van der Waals surface area contributed by atoms with E-state index < -0.39 is 12.3 Å². The van der Waals surface area contributed by atoms with Crippen molar-refractivity contribution in [3.63, 3.8) is 0 Å². The Hall–Kier alpha value is -3.12. The van der Waals surface area contributed by atoms with Crippen molar-refractivity contribution < 1.29 is 29.3 Å². The molecule has 25 heavy (non-hydrogen) atoms. The molecule has 0 aliphatic carbocycles. The smallest absolute Gasteiger partial charge is 0.335 e. The zero-order valence-electron chi connectivity index (χ0n) is 13.6. The Kier molecular flexibility index (Phi) is 5.92. The molecule has 2 aromatic rings. The summed E-state index contributed by atoms with van der Waals surface area (Å²) >= 11 is 0. The molecule has 2 N–H and O–H groups in total. The highest BCUT2D eigenvalue weighted by atomic mass is 16.7. The summed E-state index contributed by atoms with van der Waals surface area (Å²) in [5.41, 5.74) is 0.738. The number of hydrogen-bond acceptors (Lipinski definition) is 6. The van der Waals surface area contributed by atoms with E-state index in [0.29, 0.717) is 5.56 Å². The van der Waals surface area contributed by atoms with Crippen LogP contribution in [0.4, 0.5) is 0 Å². The zero-order valence-corrected chi connectivity index (χ0v) is 13.6. The first-order valence-corrected chi connectivity index (χ1v) is 7.48. The summed E-state index contributed by atoms with van der Waals surface area (Å²) in [5.74, 6) is -1.09. The second-order valence-electron chi connectivity index (χ2n) is 5.33. The van der Waals surface area contributed by atoms with Crippen molar-refractivity contribution in [2.75, 3.05) is 6.61 Å². The van der Waals surface area contributed by atoms with E-state index in [0.717, 1.165) is 0 Å². The average Bonchev–Trinajstić information content (AvgIpc) is 2.60. The summed E-state index contributed by atoms with van der Waals surface area (Å²) in [7, 11) is 0. The van der Waals surface area contributed by atoms with Crippen LogP contribution < -0.4 is 4.74 Å². The lowest BCUT2D eigenvalue weighted by Gasteiger charge is -2.14. The molecule has 0 spiro atoms. The molecule has 0 bridgehead atoms. The molecule has 1 atom stereocenters. The molecule has 6 nitrogen and oxygen atoms in total. The molecule has 0 aromatic heterocycles. The number of aromatic hydroxyl groups is 1. The summed E-state index contributed by atoms with van der Waals surface area (Å²) in [6.45, 7) is 4.52. The summed E-state index contributed by atoms with van der Waals surface area (Å²) in [4.78, 5) is 23.6. The van der Waals surface area contributed by atoms with Gasteiger partial charge in [0.15, 0.2) is 12.4 Å². The summed E-state index contributed by atoms with van der Waals surface area (Å²) in [6, 6.07) is 12.7. The van der Waals surface area contributed by atoms with Gasteiger partial charge in [-0.25, -0.2) is 4.79 Å². The van der Waals surface area contributed by atoms with E-state index in [-0.39, 0.29) is 35.0 Å². The van der Waals surface area contributed by atoms with Crippen molar-refractivity contribution in [2.24, 2.45) is 0 Å². The maximum Gasteiger partial charge on any atom is 0.335 e. The van der Waals surface area contributed by atoms with Gasteiger partial charge >= 0.3 is 5.97 Å². The SMILES string of the molecule is C=C(C)C(=O)OC(O)COc1ccc(C(=O)c2ccccc2)c(O)c1. The van der Waals surface area contributed by atoms with Crippen LogP contribution in [-0.2, 0) is 9.53 Å². The fraction of sp³-hybridized carbons (Fsp3) is 0.158. The fourth-order valence-electron chi connectivity index (χ4n) is 1.96. The molecule has 0 radical (unpaired) electrons. The van der Waals surface area contributed by atoms with Gasteiger partial charge in [-0.3, -0.25) is 4.79 Å². The third-order valence-electron chi connectivity index (χ3n) is 3.23. The van der Waals surface area contributed by atoms with Crippen LogP contribution in [-0.4, -0.2) is 34.9 Å². The first kappa shape index (κ1) is 18.2. The van der Waals surface area contributed by atoms with Crippen molar-refractivity contribution in [3.05, 3.63) is 71.8 Å². The number of benzene rings is 2. The van der Waals surface area contributed by atoms with Gasteiger partial charge in [-0.2, -0.15) is 0 Å². The topological polar surface area (TPSA) is 93.1 Å². The molecule has 0 fully saturated rings. The van der Waals surface area contributed by atoms with Crippen LogP contribution >= 0.6 is 0 Å². The largest absolute Gasteiger partial charge is 0.507 e. The summed E-state index contributed by atoms with van der Waals surface area (Å²) in [5, 5.41) is 19.6. The Morgan fingerprint density at radius 1 is 1.16 bits per heavy atom. The molecule has 2 rings (SSSR count). The highest BCUT2D eigenvalue weighted by Gasteiger charge is 2.16. The Labute approximate surface area is 144 Å². The minimum atomic E-state index is -1.48. The highest BCUT2D eigenvalue weighted by molar-refractivity contribution is 6.10. The second-order valence-corrected chi connectivity index (χ2v) is 5.33. The molecular weight excluding hydrogens is 324 g/mol. The molecule has 0 heterocycles. The van der Waals surface area contributed by atoms with Gasteiger partial charge < -0.3 is 19.7 Å². The highest BCUT2D eigenvalue weighted by Crippen LogP contribution is 2.26. The number of aliphatic hydroxyl groups excluding tert-OH is 1. The van der Waals surface area contributed by atoms with Crippen LogP contribution in [0.5, 0.6) is 11.5 Å². The molecule has 130 valence electrons. The molecule has 0 amide bonds. The Bertz CT molecular complexity index is 782. The molecule has 0 saturated carbocycles. The molecule has 0 saturated heterocycles. The lowest BCUT2D eigenvalue weighted by atomic mass is 10.0. The van der Waals surface area contributed by atoms with E-state index >= 15 is 0 Å². The lowest BCUT2D eigenvalue weighted by Crippen LogP contribution is -2.24. The number of ketones is 1. The number of ether oxygens (including phenoxy) is 2. The van der Waals surface area contributed by atoms with Crippen LogP contribution in [0.3, 0.4) is 0 Å². The quantitative estimate of drug-likeness (QED) is 0.347. The summed E-state index contributed by atoms with van der Waals surface area (Å²) in [6.07, 6.45) is -1.48. The predicted octanol–water partition coefficient (Wildman–Crippen LogP) is 2.44. The minimum absolute atomic E-state index is 0.132. The van der Waals surface area contributed by atoms with Crippen molar-refractivity contribution in [3.8, 4) is 11.5 Å². The van der Waals surface area contributed by atoms with Crippen molar-refractivity contribution in [1.82, 2.24) is 0 Å². The van der Waals surface area contributed by atoms with Gasteiger partial charge in [0.25, 0.3) is 0 Å². The predicted molar refractivity (Wildman–Crippen MR) is 90.4 cm³/mol. The van der Waals surface area contributed by atoms with Crippen LogP contribution in [0.1, 0.15) is 22.8 Å². The number of phenolic OH excluding ortho intramolecular Hbond substituents is 1. The van der Waals surface area contributed by atoms with Gasteiger partial charge in [0.05, 0.1) is 5.56 Å². The molecule has 2 aromatic carbocycles. The van der Waals surface area contributed by atoms with E-state index in [4.69, 9.17) is 4.74 Å². The van der Waals surface area contributed by atoms with Crippen LogP contribution in [0.25, 0.3) is 0 Å². The van der Waals surface area contributed by atoms with Gasteiger partial charge in [0.1, 0.15) is 11.5 Å². The third-order valence-corrected chi connectivity index (χ3v) is 3.23. The minimum Gasteiger partial charge on any atom is -0.507 e. The first-order chi connectivity index (χ1) is 11.9. The number of hydrogen-bond donors (Lipinski definition) is 2. The zero-order chi connectivity index (χ0) is 18.4. The first-order valence-electron chi connectivity index (χ1n) is 7.48. The van der Waals surface area contributed by atoms with E-state index in [9.17, 15) is 19.8 Å². The van der Waals surface area contributed by atoms with Gasteiger partial charge in [0.2, 0.25) is 6.29 Å². The number of phenols is 1. The number of rotatable bonds is 7. The number of esters is 1. The van der Waals surface area contributed by atoms with Gasteiger partial charge in [-0.05, 0) is 19.1 Å². The van der Waals surface area contributed by atoms with Crippen LogP contribution in [0.2, 0.25) is 0 Å². The third kappa shape index (κ3) is 4.92. The molecule has 0 aliphatic rings. The van der Waals surface area contributed by atoms with Crippen LogP contribution in [0, 0.1) is 0 Å². The number of aliphatic hydroxyl groups is 1. The maximum absolute atomic E-state index is 12.3. The maximum atomic E-state index is 12.3. The number of carbonyl (C=O) groups excluding carboxylic acids is 2. The summed E-state index contributed by atoms with van der Waals surface area (Å²) < 4.78 is 9.90. The van der Waals surface area contributed by atoms with Crippen molar-refractivity contribution >= 4 is 11.8 Å². The second kappa shape index (κ2) is 8.12.